The van der Waals surface area contributed by atoms with E-state index in [-0.39, 0.29) is 5.91 Å². The lowest BCUT2D eigenvalue weighted by atomic mass is 10.1. The van der Waals surface area contributed by atoms with E-state index in [1.807, 2.05) is 42.2 Å². The van der Waals surface area contributed by atoms with Gasteiger partial charge in [-0.25, -0.2) is 0 Å². The number of carbonyl (C=O) groups is 1. The molecule has 2 rings (SSSR count). The van der Waals surface area contributed by atoms with Gasteiger partial charge in [0.15, 0.2) is 0 Å². The summed E-state index contributed by atoms with van der Waals surface area (Å²) in [5, 5.41) is 0. The summed E-state index contributed by atoms with van der Waals surface area (Å²) in [6.45, 7) is 3.43. The second-order valence-corrected chi connectivity index (χ2v) is 7.41. The Bertz CT molecular complexity index is 612. The van der Waals surface area contributed by atoms with Crippen LogP contribution in [0, 0.1) is 0 Å². The number of benzene rings is 1. The number of nitrogens with two attached hydrogens (primary N) is 1. The van der Waals surface area contributed by atoms with Gasteiger partial charge in [-0.1, -0.05) is 12.1 Å². The highest BCUT2D eigenvalue weighted by Gasteiger charge is 2.13. The fourth-order valence-electron chi connectivity index (χ4n) is 2.16. The summed E-state index contributed by atoms with van der Waals surface area (Å²) >= 11 is 5.12. The maximum atomic E-state index is 12.3. The lowest BCUT2D eigenvalue weighted by molar-refractivity contribution is -0.131. The van der Waals surface area contributed by atoms with Crippen LogP contribution in [0.15, 0.2) is 40.2 Å². The van der Waals surface area contributed by atoms with E-state index in [9.17, 15) is 4.79 Å². The third-order valence-corrected chi connectivity index (χ3v) is 4.90. The molecule has 0 aliphatic carbocycles. The van der Waals surface area contributed by atoms with Crippen molar-refractivity contribution in [3.05, 3.63) is 50.6 Å². The second-order valence-electron chi connectivity index (χ2n) is 4.86. The molecule has 0 saturated heterocycles. The van der Waals surface area contributed by atoms with Gasteiger partial charge in [-0.05, 0) is 59.1 Å². The van der Waals surface area contributed by atoms with Gasteiger partial charge in [0.05, 0.1) is 10.3 Å². The standard InChI is InChI=1S/C16H19BrN2OS/c1-2-19(11-14-7-8-15(17)21-14)16(20)9-6-12-4-3-5-13(18)10-12/h3-5,7-8,10H,2,6,9,11,18H2,1H3. The summed E-state index contributed by atoms with van der Waals surface area (Å²) in [6.07, 6.45) is 1.25. The van der Waals surface area contributed by atoms with Crippen LogP contribution in [-0.4, -0.2) is 17.4 Å². The summed E-state index contributed by atoms with van der Waals surface area (Å²) in [4.78, 5) is 15.4. The zero-order chi connectivity index (χ0) is 15.2. The Morgan fingerprint density at radius 1 is 1.33 bits per heavy atom. The van der Waals surface area contributed by atoms with Crippen molar-refractivity contribution in [2.24, 2.45) is 0 Å². The number of anilines is 1. The number of hydrogen-bond acceptors (Lipinski definition) is 3. The quantitative estimate of drug-likeness (QED) is 0.783. The van der Waals surface area contributed by atoms with Crippen molar-refractivity contribution in [1.82, 2.24) is 4.90 Å². The number of aryl methyl sites for hydroxylation is 1. The molecule has 5 heteroatoms. The Morgan fingerprint density at radius 3 is 2.76 bits per heavy atom. The SMILES string of the molecule is CCN(Cc1ccc(Br)s1)C(=O)CCc1cccc(N)c1. The summed E-state index contributed by atoms with van der Waals surface area (Å²) in [5.41, 5.74) is 7.61. The average molecular weight is 367 g/mol. The van der Waals surface area contributed by atoms with E-state index >= 15 is 0 Å². The van der Waals surface area contributed by atoms with Crippen molar-refractivity contribution in [3.63, 3.8) is 0 Å². The Morgan fingerprint density at radius 2 is 2.14 bits per heavy atom. The summed E-state index contributed by atoms with van der Waals surface area (Å²) in [6, 6.07) is 11.8. The first-order chi connectivity index (χ1) is 10.1. The van der Waals surface area contributed by atoms with Gasteiger partial charge < -0.3 is 10.6 Å². The van der Waals surface area contributed by atoms with E-state index in [1.165, 1.54) is 4.88 Å². The van der Waals surface area contributed by atoms with Crippen LogP contribution in [-0.2, 0) is 17.8 Å². The van der Waals surface area contributed by atoms with Crippen LogP contribution in [0.2, 0.25) is 0 Å². The molecule has 0 fully saturated rings. The van der Waals surface area contributed by atoms with E-state index in [1.54, 1.807) is 11.3 Å². The maximum Gasteiger partial charge on any atom is 0.223 e. The molecule has 1 amide bonds. The highest BCUT2D eigenvalue weighted by Crippen LogP contribution is 2.23. The van der Waals surface area contributed by atoms with Crippen LogP contribution >= 0.6 is 27.3 Å². The molecule has 112 valence electrons. The molecule has 21 heavy (non-hydrogen) atoms. The predicted octanol–water partition coefficient (Wildman–Crippen LogP) is 4.07. The summed E-state index contributed by atoms with van der Waals surface area (Å²) in [7, 11) is 0. The maximum absolute atomic E-state index is 12.3. The smallest absolute Gasteiger partial charge is 0.223 e. The van der Waals surface area contributed by atoms with Gasteiger partial charge in [0.25, 0.3) is 0 Å². The van der Waals surface area contributed by atoms with Gasteiger partial charge in [-0.15, -0.1) is 11.3 Å². The van der Waals surface area contributed by atoms with E-state index in [0.29, 0.717) is 13.0 Å². The Kier molecular flexibility index (Phi) is 5.82. The monoisotopic (exact) mass is 366 g/mol. The minimum Gasteiger partial charge on any atom is -0.399 e. The topological polar surface area (TPSA) is 46.3 Å². The van der Waals surface area contributed by atoms with Gasteiger partial charge >= 0.3 is 0 Å². The molecule has 0 unspecified atom stereocenters. The number of halogens is 1. The average Bonchev–Trinajstić information content (AvgIpc) is 2.87. The van der Waals surface area contributed by atoms with Gasteiger partial charge in [-0.3, -0.25) is 4.79 Å². The lowest BCUT2D eigenvalue weighted by Gasteiger charge is -2.20. The zero-order valence-electron chi connectivity index (χ0n) is 12.0. The number of thiophene rings is 1. The first-order valence-corrected chi connectivity index (χ1v) is 8.56. The molecule has 0 bridgehead atoms. The van der Waals surface area contributed by atoms with Crippen LogP contribution in [0.5, 0.6) is 0 Å². The highest BCUT2D eigenvalue weighted by atomic mass is 79.9. The third kappa shape index (κ3) is 4.86. The molecule has 2 aromatic rings. The number of hydrogen-bond donors (Lipinski definition) is 1. The molecule has 0 spiro atoms. The molecular formula is C16H19BrN2OS. The molecule has 3 nitrogen and oxygen atoms in total. The third-order valence-electron chi connectivity index (χ3n) is 3.29. The van der Waals surface area contributed by atoms with Gasteiger partial charge in [0.1, 0.15) is 0 Å². The number of carbonyl (C=O) groups excluding carboxylic acids is 1. The van der Waals surface area contributed by atoms with E-state index in [0.717, 1.165) is 28.0 Å². The van der Waals surface area contributed by atoms with Crippen molar-refractivity contribution in [2.75, 3.05) is 12.3 Å². The van der Waals surface area contributed by atoms with Gasteiger partial charge in [-0.2, -0.15) is 0 Å². The van der Waals surface area contributed by atoms with Crippen molar-refractivity contribution in [3.8, 4) is 0 Å². The number of nitrogen functional groups attached to an aromatic ring is 1. The lowest BCUT2D eigenvalue weighted by Crippen LogP contribution is -2.30. The van der Waals surface area contributed by atoms with Crippen LogP contribution in [0.25, 0.3) is 0 Å². The fourth-order valence-corrected chi connectivity index (χ4v) is 3.66. The first-order valence-electron chi connectivity index (χ1n) is 6.95. The van der Waals surface area contributed by atoms with Crippen LogP contribution in [0.4, 0.5) is 5.69 Å². The molecule has 0 radical (unpaired) electrons. The number of amides is 1. The number of rotatable bonds is 6. The number of nitrogens with zero attached hydrogens (tertiary/aromatic N) is 1. The van der Waals surface area contributed by atoms with Gasteiger partial charge in [0.2, 0.25) is 5.91 Å². The normalized spacial score (nSPS) is 10.6. The molecule has 0 aliphatic rings. The minimum absolute atomic E-state index is 0.185. The van der Waals surface area contributed by atoms with Crippen molar-refractivity contribution >= 4 is 38.9 Å². The molecule has 2 N–H and O–H groups in total. The Labute approximate surface area is 137 Å². The van der Waals surface area contributed by atoms with E-state index in [2.05, 4.69) is 22.0 Å². The van der Waals surface area contributed by atoms with E-state index < -0.39 is 0 Å². The summed E-state index contributed by atoms with van der Waals surface area (Å²) < 4.78 is 1.10. The molecule has 0 aliphatic heterocycles. The summed E-state index contributed by atoms with van der Waals surface area (Å²) in [5.74, 6) is 0.185. The molecule has 1 aromatic carbocycles. The Hall–Kier alpha value is -1.33. The van der Waals surface area contributed by atoms with Crippen LogP contribution < -0.4 is 5.73 Å². The second kappa shape index (κ2) is 7.61. The van der Waals surface area contributed by atoms with Crippen LogP contribution in [0.3, 0.4) is 0 Å². The molecular weight excluding hydrogens is 348 g/mol. The van der Waals surface area contributed by atoms with E-state index in [4.69, 9.17) is 5.73 Å². The van der Waals surface area contributed by atoms with Crippen molar-refractivity contribution in [1.29, 1.82) is 0 Å². The molecule has 1 heterocycles. The molecule has 0 atom stereocenters. The first kappa shape index (κ1) is 16.0. The van der Waals surface area contributed by atoms with Crippen molar-refractivity contribution in [2.45, 2.75) is 26.3 Å². The fraction of sp³-hybridized carbons (Fsp3) is 0.312. The zero-order valence-corrected chi connectivity index (χ0v) is 14.4. The molecule has 1 aromatic heterocycles. The Balaban J connectivity index is 1.91. The minimum atomic E-state index is 0.185. The predicted molar refractivity (Wildman–Crippen MR) is 92.3 cm³/mol. The van der Waals surface area contributed by atoms with Crippen LogP contribution in [0.1, 0.15) is 23.8 Å². The largest absolute Gasteiger partial charge is 0.399 e. The van der Waals surface area contributed by atoms with Gasteiger partial charge in [0, 0.05) is 23.5 Å². The highest BCUT2D eigenvalue weighted by molar-refractivity contribution is 9.11. The molecule has 0 saturated carbocycles. The van der Waals surface area contributed by atoms with Crippen molar-refractivity contribution < 1.29 is 4.79 Å².